The lowest BCUT2D eigenvalue weighted by atomic mass is 9.80. The van der Waals surface area contributed by atoms with Crippen molar-refractivity contribution in [2.75, 3.05) is 0 Å². The molecule has 1 atom stereocenters. The van der Waals surface area contributed by atoms with Crippen LogP contribution in [0.5, 0.6) is 11.5 Å². The summed E-state index contributed by atoms with van der Waals surface area (Å²) in [6, 6.07) is 15.3. The summed E-state index contributed by atoms with van der Waals surface area (Å²) >= 11 is 0. The number of hydrogen-bond acceptors (Lipinski definition) is 4. The SMILES string of the molecule is CC(C)C(C)CC(c1ccc(OC#N)cc1)c1ccc(OC#N)cc1. The molecule has 0 amide bonds. The number of nitrogens with zero attached hydrogens (tertiary/aromatic N) is 2. The van der Waals surface area contributed by atoms with Gasteiger partial charge in [0.05, 0.1) is 0 Å². The molecular weight excluding hydrogens is 312 g/mol. The van der Waals surface area contributed by atoms with Gasteiger partial charge in [-0.15, -0.1) is 10.5 Å². The van der Waals surface area contributed by atoms with Gasteiger partial charge < -0.3 is 9.47 Å². The Balaban J connectivity index is 2.32. The standard InChI is InChI=1S/C21H22N2O2/c1-15(2)16(3)12-21(17-4-8-19(9-5-17)24-13-22)18-6-10-20(11-7-18)25-14-23/h4-11,15-16,21H,12H2,1-3H3. The highest BCUT2D eigenvalue weighted by atomic mass is 16.5. The Hall–Kier alpha value is -2.98. The van der Waals surface area contributed by atoms with E-state index in [9.17, 15) is 0 Å². The van der Waals surface area contributed by atoms with Gasteiger partial charge in [0.1, 0.15) is 11.5 Å². The van der Waals surface area contributed by atoms with Gasteiger partial charge in [0.2, 0.25) is 0 Å². The van der Waals surface area contributed by atoms with Crippen LogP contribution >= 0.6 is 0 Å². The monoisotopic (exact) mass is 334 g/mol. The maximum Gasteiger partial charge on any atom is 0.292 e. The number of benzene rings is 2. The molecule has 2 rings (SSSR count). The van der Waals surface area contributed by atoms with Gasteiger partial charge in [0, 0.05) is 5.92 Å². The minimum absolute atomic E-state index is 0.227. The molecule has 25 heavy (non-hydrogen) atoms. The zero-order chi connectivity index (χ0) is 18.2. The van der Waals surface area contributed by atoms with Crippen LogP contribution < -0.4 is 9.47 Å². The van der Waals surface area contributed by atoms with Gasteiger partial charge in [0.15, 0.2) is 0 Å². The van der Waals surface area contributed by atoms with E-state index in [0.29, 0.717) is 23.3 Å². The van der Waals surface area contributed by atoms with E-state index in [0.717, 1.165) is 6.42 Å². The molecule has 1 unspecified atom stereocenters. The summed E-state index contributed by atoms with van der Waals surface area (Å²) in [4.78, 5) is 0. The third-order valence-corrected chi connectivity index (χ3v) is 4.64. The van der Waals surface area contributed by atoms with Gasteiger partial charge in [-0.25, -0.2) is 0 Å². The second-order valence-corrected chi connectivity index (χ2v) is 6.53. The molecule has 2 aromatic rings. The Kier molecular flexibility index (Phi) is 6.43. The third-order valence-electron chi connectivity index (χ3n) is 4.64. The smallest absolute Gasteiger partial charge is 0.292 e. The Morgan fingerprint density at radius 2 is 1.16 bits per heavy atom. The van der Waals surface area contributed by atoms with Crippen LogP contribution in [0.15, 0.2) is 48.5 Å². The van der Waals surface area contributed by atoms with Crippen molar-refractivity contribution in [2.24, 2.45) is 11.8 Å². The zero-order valence-electron chi connectivity index (χ0n) is 14.8. The average Bonchev–Trinajstić information content (AvgIpc) is 2.61. The summed E-state index contributed by atoms with van der Waals surface area (Å²) in [5.74, 6) is 2.45. The van der Waals surface area contributed by atoms with E-state index in [-0.39, 0.29) is 5.92 Å². The molecule has 0 aliphatic rings. The van der Waals surface area contributed by atoms with Crippen molar-refractivity contribution in [1.82, 2.24) is 0 Å². The summed E-state index contributed by atoms with van der Waals surface area (Å²) in [6.07, 6.45) is 4.39. The summed E-state index contributed by atoms with van der Waals surface area (Å²) < 4.78 is 9.73. The third kappa shape index (κ3) is 4.99. The molecule has 0 aliphatic carbocycles. The molecule has 0 spiro atoms. The minimum atomic E-state index is 0.227. The van der Waals surface area contributed by atoms with Gasteiger partial charge in [-0.1, -0.05) is 45.0 Å². The van der Waals surface area contributed by atoms with Crippen LogP contribution in [-0.4, -0.2) is 0 Å². The van der Waals surface area contributed by atoms with Crippen LogP contribution in [0.4, 0.5) is 0 Å². The predicted molar refractivity (Wildman–Crippen MR) is 95.8 cm³/mol. The molecule has 0 aliphatic heterocycles. The number of nitriles is 2. The molecule has 0 heterocycles. The lowest BCUT2D eigenvalue weighted by molar-refractivity contribution is 0.375. The minimum Gasteiger partial charge on any atom is -0.388 e. The Labute approximate surface area is 149 Å². The van der Waals surface area contributed by atoms with E-state index in [1.807, 2.05) is 48.5 Å². The largest absolute Gasteiger partial charge is 0.388 e. The fourth-order valence-electron chi connectivity index (χ4n) is 2.75. The van der Waals surface area contributed by atoms with Crippen LogP contribution in [-0.2, 0) is 0 Å². The maximum absolute atomic E-state index is 8.62. The summed E-state index contributed by atoms with van der Waals surface area (Å²) in [5, 5.41) is 17.2. The number of hydrogen-bond donors (Lipinski definition) is 0. The first-order chi connectivity index (χ1) is 12.0. The van der Waals surface area contributed by atoms with Crippen molar-refractivity contribution in [3.8, 4) is 24.0 Å². The highest BCUT2D eigenvalue weighted by molar-refractivity contribution is 5.38. The van der Waals surface area contributed by atoms with Gasteiger partial charge in [-0.05, 0) is 53.6 Å². The van der Waals surface area contributed by atoms with Crippen LogP contribution in [0, 0.1) is 34.9 Å². The van der Waals surface area contributed by atoms with Gasteiger partial charge in [0.25, 0.3) is 12.5 Å². The topological polar surface area (TPSA) is 66.0 Å². The fraction of sp³-hybridized carbons (Fsp3) is 0.333. The highest BCUT2D eigenvalue weighted by Crippen LogP contribution is 2.34. The van der Waals surface area contributed by atoms with Crippen molar-refractivity contribution in [2.45, 2.75) is 33.1 Å². The number of rotatable bonds is 7. The molecule has 0 aromatic heterocycles. The molecule has 4 heteroatoms. The van der Waals surface area contributed by atoms with E-state index < -0.39 is 0 Å². The molecule has 2 aromatic carbocycles. The van der Waals surface area contributed by atoms with Crippen molar-refractivity contribution in [3.63, 3.8) is 0 Å². The first kappa shape index (κ1) is 18.4. The maximum atomic E-state index is 8.62. The lowest BCUT2D eigenvalue weighted by Crippen LogP contribution is -2.11. The zero-order valence-corrected chi connectivity index (χ0v) is 14.8. The summed E-state index contributed by atoms with van der Waals surface area (Å²) in [6.45, 7) is 6.73. The quantitative estimate of drug-likeness (QED) is 0.651. The molecule has 0 saturated heterocycles. The van der Waals surface area contributed by atoms with Crippen molar-refractivity contribution >= 4 is 0 Å². The van der Waals surface area contributed by atoms with Crippen LogP contribution in [0.1, 0.15) is 44.2 Å². The fourth-order valence-corrected chi connectivity index (χ4v) is 2.75. The molecular formula is C21H22N2O2. The van der Waals surface area contributed by atoms with Gasteiger partial charge >= 0.3 is 0 Å². The molecule has 0 saturated carbocycles. The second-order valence-electron chi connectivity index (χ2n) is 6.53. The van der Waals surface area contributed by atoms with E-state index in [1.54, 1.807) is 12.5 Å². The Morgan fingerprint density at radius 3 is 1.48 bits per heavy atom. The molecule has 0 bridgehead atoms. The lowest BCUT2D eigenvalue weighted by Gasteiger charge is -2.24. The molecule has 0 N–H and O–H groups in total. The van der Waals surface area contributed by atoms with E-state index >= 15 is 0 Å². The molecule has 0 radical (unpaired) electrons. The van der Waals surface area contributed by atoms with E-state index in [1.165, 1.54) is 11.1 Å². The molecule has 0 fully saturated rings. The second kappa shape index (κ2) is 8.76. The molecule has 4 nitrogen and oxygen atoms in total. The Morgan fingerprint density at radius 1 is 0.760 bits per heavy atom. The van der Waals surface area contributed by atoms with Gasteiger partial charge in [-0.2, -0.15) is 0 Å². The first-order valence-corrected chi connectivity index (χ1v) is 8.37. The first-order valence-electron chi connectivity index (χ1n) is 8.37. The van der Waals surface area contributed by atoms with Crippen LogP contribution in [0.25, 0.3) is 0 Å². The summed E-state index contributed by atoms with van der Waals surface area (Å²) in [7, 11) is 0. The predicted octanol–water partition coefficient (Wildman–Crippen LogP) is 5.22. The van der Waals surface area contributed by atoms with E-state index in [2.05, 4.69) is 20.8 Å². The van der Waals surface area contributed by atoms with Crippen molar-refractivity contribution in [3.05, 3.63) is 59.7 Å². The van der Waals surface area contributed by atoms with Gasteiger partial charge in [-0.3, -0.25) is 0 Å². The highest BCUT2D eigenvalue weighted by Gasteiger charge is 2.19. The average molecular weight is 334 g/mol. The van der Waals surface area contributed by atoms with Crippen LogP contribution in [0.3, 0.4) is 0 Å². The number of ether oxygens (including phenoxy) is 2. The molecule has 128 valence electrons. The van der Waals surface area contributed by atoms with Crippen LogP contribution in [0.2, 0.25) is 0 Å². The van der Waals surface area contributed by atoms with E-state index in [4.69, 9.17) is 20.0 Å². The Bertz CT molecular complexity index is 693. The van der Waals surface area contributed by atoms with Crippen molar-refractivity contribution < 1.29 is 9.47 Å². The van der Waals surface area contributed by atoms with Crippen molar-refractivity contribution in [1.29, 1.82) is 10.5 Å². The summed E-state index contributed by atoms with van der Waals surface area (Å²) in [5.41, 5.74) is 2.35. The normalized spacial score (nSPS) is 11.6.